The predicted molar refractivity (Wildman–Crippen MR) is 75.7 cm³/mol. The van der Waals surface area contributed by atoms with Crippen LogP contribution in [0, 0.1) is 11.3 Å². The largest absolute Gasteiger partial charge is 0.465 e. The van der Waals surface area contributed by atoms with Gasteiger partial charge in [0.1, 0.15) is 5.92 Å². The van der Waals surface area contributed by atoms with Gasteiger partial charge >= 0.3 is 5.97 Å². The molecule has 110 valence electrons. The minimum Gasteiger partial charge on any atom is -0.465 e. The second-order valence-corrected chi connectivity index (χ2v) is 5.62. The lowest BCUT2D eigenvalue weighted by molar-refractivity contribution is -0.156. The number of rotatable bonds is 5. The molecule has 1 rings (SSSR count). The highest BCUT2D eigenvalue weighted by molar-refractivity contribution is 5.98. The van der Waals surface area contributed by atoms with Gasteiger partial charge in [-0.1, -0.05) is 20.8 Å². The molecule has 20 heavy (non-hydrogen) atoms. The first-order valence-corrected chi connectivity index (χ1v) is 6.69. The first kappa shape index (κ1) is 16.1. The van der Waals surface area contributed by atoms with Crippen molar-refractivity contribution in [1.29, 1.82) is 0 Å². The molecule has 5 heteroatoms. The van der Waals surface area contributed by atoms with Gasteiger partial charge in [-0.2, -0.15) is 0 Å². The molecule has 0 aliphatic carbocycles. The molecule has 5 nitrogen and oxygen atoms in total. The predicted octanol–water partition coefficient (Wildman–Crippen LogP) is 1.92. The Labute approximate surface area is 119 Å². The van der Waals surface area contributed by atoms with E-state index in [0.717, 1.165) is 5.56 Å². The molecule has 0 bridgehead atoms. The van der Waals surface area contributed by atoms with Crippen LogP contribution in [0.15, 0.2) is 24.5 Å². The van der Waals surface area contributed by atoms with Crippen LogP contribution < -0.4 is 5.32 Å². The Morgan fingerprint density at radius 3 is 2.40 bits per heavy atom. The van der Waals surface area contributed by atoms with Gasteiger partial charge in [-0.05, 0) is 30.0 Å². The van der Waals surface area contributed by atoms with Crippen molar-refractivity contribution in [3.63, 3.8) is 0 Å². The lowest BCUT2D eigenvalue weighted by Gasteiger charge is -2.27. The summed E-state index contributed by atoms with van der Waals surface area (Å²) in [4.78, 5) is 28.1. The number of carbonyl (C=O) groups is 2. The zero-order valence-electron chi connectivity index (χ0n) is 12.5. The standard InChI is InChI=1S/C15H22N2O3/c1-5-20-14(19)12(15(2,3)4)13(18)17-10-11-6-8-16-9-7-11/h6-9,12H,5,10H2,1-4H3,(H,17,18). The number of nitrogens with one attached hydrogen (secondary N) is 1. The second kappa shape index (κ2) is 7.03. The fraction of sp³-hybridized carbons (Fsp3) is 0.533. The van der Waals surface area contributed by atoms with E-state index in [-0.39, 0.29) is 12.5 Å². The van der Waals surface area contributed by atoms with E-state index in [2.05, 4.69) is 10.3 Å². The van der Waals surface area contributed by atoms with Crippen molar-refractivity contribution in [3.8, 4) is 0 Å². The van der Waals surface area contributed by atoms with Crippen LogP contribution in [0.5, 0.6) is 0 Å². The number of esters is 1. The number of amides is 1. The number of carbonyl (C=O) groups excluding carboxylic acids is 2. The maximum atomic E-state index is 12.3. The van der Waals surface area contributed by atoms with Crippen molar-refractivity contribution in [2.45, 2.75) is 34.2 Å². The minimum absolute atomic E-state index is 0.267. The van der Waals surface area contributed by atoms with E-state index in [1.54, 1.807) is 19.3 Å². The van der Waals surface area contributed by atoms with Crippen molar-refractivity contribution < 1.29 is 14.3 Å². The zero-order chi connectivity index (χ0) is 15.2. The Balaban J connectivity index is 2.72. The van der Waals surface area contributed by atoms with Gasteiger partial charge in [0, 0.05) is 18.9 Å². The van der Waals surface area contributed by atoms with Crippen molar-refractivity contribution in [1.82, 2.24) is 10.3 Å². The van der Waals surface area contributed by atoms with Crippen molar-refractivity contribution in [2.75, 3.05) is 6.61 Å². The Morgan fingerprint density at radius 2 is 1.90 bits per heavy atom. The van der Waals surface area contributed by atoms with Gasteiger partial charge in [0.15, 0.2) is 0 Å². The van der Waals surface area contributed by atoms with Gasteiger partial charge < -0.3 is 10.1 Å². The molecule has 1 N–H and O–H groups in total. The van der Waals surface area contributed by atoms with E-state index in [9.17, 15) is 9.59 Å². The topological polar surface area (TPSA) is 68.3 Å². The molecular formula is C15H22N2O3. The molecule has 1 amide bonds. The van der Waals surface area contributed by atoms with Crippen molar-refractivity contribution >= 4 is 11.9 Å². The third kappa shape index (κ3) is 4.64. The second-order valence-electron chi connectivity index (χ2n) is 5.62. The molecule has 1 aromatic rings. The van der Waals surface area contributed by atoms with Crippen LogP contribution in [0.4, 0.5) is 0 Å². The monoisotopic (exact) mass is 278 g/mol. The fourth-order valence-corrected chi connectivity index (χ4v) is 1.87. The molecule has 0 saturated heterocycles. The average Bonchev–Trinajstić information content (AvgIpc) is 2.36. The first-order chi connectivity index (χ1) is 9.36. The smallest absolute Gasteiger partial charge is 0.319 e. The summed E-state index contributed by atoms with van der Waals surface area (Å²) in [6, 6.07) is 3.63. The molecule has 0 aliphatic heterocycles. The minimum atomic E-state index is -0.815. The average molecular weight is 278 g/mol. The van der Waals surface area contributed by atoms with Crippen LogP contribution in [0.25, 0.3) is 0 Å². The molecule has 0 fully saturated rings. The summed E-state index contributed by atoms with van der Waals surface area (Å²) in [7, 11) is 0. The van der Waals surface area contributed by atoms with Gasteiger partial charge in [-0.15, -0.1) is 0 Å². The van der Waals surface area contributed by atoms with Crippen LogP contribution >= 0.6 is 0 Å². The summed E-state index contributed by atoms with van der Waals surface area (Å²) in [6.45, 7) is 7.91. The number of pyridine rings is 1. The highest BCUT2D eigenvalue weighted by Crippen LogP contribution is 2.27. The molecule has 0 aromatic carbocycles. The van der Waals surface area contributed by atoms with E-state index >= 15 is 0 Å². The molecule has 1 unspecified atom stereocenters. The Hall–Kier alpha value is -1.91. The van der Waals surface area contributed by atoms with Crippen molar-refractivity contribution in [2.24, 2.45) is 11.3 Å². The van der Waals surface area contributed by atoms with Gasteiger partial charge in [-0.25, -0.2) is 0 Å². The highest BCUT2D eigenvalue weighted by Gasteiger charge is 2.38. The van der Waals surface area contributed by atoms with Gasteiger partial charge in [-0.3, -0.25) is 14.6 Å². The van der Waals surface area contributed by atoms with E-state index in [1.807, 2.05) is 32.9 Å². The fourth-order valence-electron chi connectivity index (χ4n) is 1.87. The highest BCUT2D eigenvalue weighted by atomic mass is 16.5. The van der Waals surface area contributed by atoms with Crippen molar-refractivity contribution in [3.05, 3.63) is 30.1 Å². The van der Waals surface area contributed by atoms with Crippen LogP contribution in [0.1, 0.15) is 33.3 Å². The summed E-state index contributed by atoms with van der Waals surface area (Å²) >= 11 is 0. The van der Waals surface area contributed by atoms with Crippen LogP contribution in [0.3, 0.4) is 0 Å². The SMILES string of the molecule is CCOC(=O)C(C(=O)NCc1ccncc1)C(C)(C)C. The Kier molecular flexibility index (Phi) is 5.67. The number of aromatic nitrogens is 1. The first-order valence-electron chi connectivity index (χ1n) is 6.69. The van der Waals surface area contributed by atoms with Crippen LogP contribution in [0.2, 0.25) is 0 Å². The maximum absolute atomic E-state index is 12.3. The van der Waals surface area contributed by atoms with E-state index in [4.69, 9.17) is 4.74 Å². The number of hydrogen-bond acceptors (Lipinski definition) is 4. The number of hydrogen-bond donors (Lipinski definition) is 1. The molecule has 1 atom stereocenters. The third-order valence-electron chi connectivity index (χ3n) is 2.87. The molecule has 1 heterocycles. The normalized spacial score (nSPS) is 12.6. The molecular weight excluding hydrogens is 256 g/mol. The number of nitrogens with zero attached hydrogens (tertiary/aromatic N) is 1. The molecule has 0 spiro atoms. The van der Waals surface area contributed by atoms with E-state index in [0.29, 0.717) is 6.54 Å². The summed E-state index contributed by atoms with van der Waals surface area (Å²) in [5, 5.41) is 2.78. The lowest BCUT2D eigenvalue weighted by Crippen LogP contribution is -2.43. The van der Waals surface area contributed by atoms with Gasteiger partial charge in [0.2, 0.25) is 5.91 Å². The number of ether oxygens (including phenoxy) is 1. The van der Waals surface area contributed by atoms with Gasteiger partial charge in [0.25, 0.3) is 0 Å². The Morgan fingerprint density at radius 1 is 1.30 bits per heavy atom. The van der Waals surface area contributed by atoms with Crippen LogP contribution in [-0.4, -0.2) is 23.5 Å². The Bertz CT molecular complexity index is 452. The van der Waals surface area contributed by atoms with Gasteiger partial charge in [0.05, 0.1) is 6.61 Å². The third-order valence-corrected chi connectivity index (χ3v) is 2.87. The summed E-state index contributed by atoms with van der Waals surface area (Å²) in [6.07, 6.45) is 3.32. The molecule has 0 aliphatic rings. The molecule has 0 radical (unpaired) electrons. The molecule has 0 saturated carbocycles. The van der Waals surface area contributed by atoms with E-state index < -0.39 is 17.3 Å². The van der Waals surface area contributed by atoms with Crippen LogP contribution in [-0.2, 0) is 20.9 Å². The summed E-state index contributed by atoms with van der Waals surface area (Å²) in [5.74, 6) is -1.61. The lowest BCUT2D eigenvalue weighted by atomic mass is 9.80. The maximum Gasteiger partial charge on any atom is 0.319 e. The van der Waals surface area contributed by atoms with E-state index in [1.165, 1.54) is 0 Å². The molecule has 1 aromatic heterocycles. The summed E-state index contributed by atoms with van der Waals surface area (Å²) in [5.41, 5.74) is 0.444. The zero-order valence-corrected chi connectivity index (χ0v) is 12.5. The quantitative estimate of drug-likeness (QED) is 0.660. The summed E-state index contributed by atoms with van der Waals surface area (Å²) < 4.78 is 4.99.